The van der Waals surface area contributed by atoms with Crippen molar-refractivity contribution < 1.29 is 9.59 Å². The van der Waals surface area contributed by atoms with Gasteiger partial charge in [0.25, 0.3) is 5.91 Å². The molecule has 2 aromatic carbocycles. The largest absolute Gasteiger partial charge is 0.348 e. The van der Waals surface area contributed by atoms with Gasteiger partial charge in [-0.2, -0.15) is 0 Å². The van der Waals surface area contributed by atoms with Gasteiger partial charge in [-0.15, -0.1) is 0 Å². The second-order valence-corrected chi connectivity index (χ2v) is 5.99. The summed E-state index contributed by atoms with van der Waals surface area (Å²) in [4.78, 5) is 28.0. The van der Waals surface area contributed by atoms with Crippen molar-refractivity contribution in [3.8, 4) is 0 Å². The topological polar surface area (TPSA) is 76.0 Å². The molecular formula is C19H20N4O2. The first-order valence-corrected chi connectivity index (χ1v) is 8.02. The number of rotatable bonds is 4. The zero-order valence-electron chi connectivity index (χ0n) is 14.5. The Balaban J connectivity index is 1.71. The summed E-state index contributed by atoms with van der Waals surface area (Å²) >= 11 is 0. The fourth-order valence-electron chi connectivity index (χ4n) is 2.70. The van der Waals surface area contributed by atoms with Crippen LogP contribution in [-0.4, -0.2) is 21.4 Å². The fraction of sp³-hybridized carbons (Fsp3) is 0.211. The molecule has 2 N–H and O–H groups in total. The van der Waals surface area contributed by atoms with E-state index in [2.05, 4.69) is 15.6 Å². The molecule has 25 heavy (non-hydrogen) atoms. The highest BCUT2D eigenvalue weighted by Gasteiger charge is 2.08. The molecule has 0 spiro atoms. The van der Waals surface area contributed by atoms with E-state index in [9.17, 15) is 9.59 Å². The standard InChI is InChI=1S/C19H20N4O2/c1-12-21-17-9-14(7-8-18(17)23(12)3)11-20-19(25)15-5-4-6-16(10-15)22-13(2)24/h4-10H,11H2,1-3H3,(H,20,25)(H,22,24). The van der Waals surface area contributed by atoms with Gasteiger partial charge in [0.05, 0.1) is 11.0 Å². The van der Waals surface area contributed by atoms with E-state index in [0.29, 0.717) is 17.8 Å². The minimum absolute atomic E-state index is 0.170. The Morgan fingerprint density at radius 2 is 1.96 bits per heavy atom. The summed E-state index contributed by atoms with van der Waals surface area (Å²) in [6.45, 7) is 3.81. The lowest BCUT2D eigenvalue weighted by atomic mass is 10.1. The number of benzene rings is 2. The number of carbonyl (C=O) groups excluding carboxylic acids is 2. The molecule has 0 saturated carbocycles. The third kappa shape index (κ3) is 3.68. The van der Waals surface area contributed by atoms with E-state index in [-0.39, 0.29) is 11.8 Å². The molecule has 1 aromatic heterocycles. The second-order valence-electron chi connectivity index (χ2n) is 5.99. The first-order valence-electron chi connectivity index (χ1n) is 8.02. The first kappa shape index (κ1) is 16.7. The maximum Gasteiger partial charge on any atom is 0.251 e. The van der Waals surface area contributed by atoms with Crippen LogP contribution < -0.4 is 10.6 Å². The number of hydrogen-bond donors (Lipinski definition) is 2. The summed E-state index contributed by atoms with van der Waals surface area (Å²) in [5.74, 6) is 0.590. The van der Waals surface area contributed by atoms with Gasteiger partial charge in [0.1, 0.15) is 5.82 Å². The van der Waals surface area contributed by atoms with Gasteiger partial charge < -0.3 is 15.2 Å². The molecule has 0 bridgehead atoms. The van der Waals surface area contributed by atoms with Crippen molar-refractivity contribution in [1.82, 2.24) is 14.9 Å². The fourth-order valence-corrected chi connectivity index (χ4v) is 2.70. The van der Waals surface area contributed by atoms with E-state index in [1.54, 1.807) is 24.3 Å². The van der Waals surface area contributed by atoms with E-state index in [4.69, 9.17) is 0 Å². The smallest absolute Gasteiger partial charge is 0.251 e. The SMILES string of the molecule is CC(=O)Nc1cccc(C(=O)NCc2ccc3c(c2)nc(C)n3C)c1. The summed E-state index contributed by atoms with van der Waals surface area (Å²) in [6.07, 6.45) is 0. The maximum absolute atomic E-state index is 12.3. The molecule has 128 valence electrons. The minimum atomic E-state index is -0.190. The molecule has 3 rings (SSSR count). The van der Waals surface area contributed by atoms with Crippen LogP contribution in [0, 0.1) is 6.92 Å². The van der Waals surface area contributed by atoms with Crippen LogP contribution in [0.15, 0.2) is 42.5 Å². The number of hydrogen-bond acceptors (Lipinski definition) is 3. The third-order valence-electron chi connectivity index (χ3n) is 4.07. The minimum Gasteiger partial charge on any atom is -0.348 e. The van der Waals surface area contributed by atoms with Crippen molar-refractivity contribution in [3.63, 3.8) is 0 Å². The highest BCUT2D eigenvalue weighted by atomic mass is 16.2. The Morgan fingerprint density at radius 3 is 2.72 bits per heavy atom. The van der Waals surface area contributed by atoms with Gasteiger partial charge in [0.2, 0.25) is 5.91 Å². The van der Waals surface area contributed by atoms with Crippen molar-refractivity contribution in [2.75, 3.05) is 5.32 Å². The second kappa shape index (κ2) is 6.76. The molecule has 0 unspecified atom stereocenters. The summed E-state index contributed by atoms with van der Waals surface area (Å²) in [5, 5.41) is 5.57. The normalized spacial score (nSPS) is 10.7. The molecule has 3 aromatic rings. The average molecular weight is 336 g/mol. The third-order valence-corrected chi connectivity index (χ3v) is 4.07. The van der Waals surface area contributed by atoms with Gasteiger partial charge >= 0.3 is 0 Å². The molecule has 0 aliphatic carbocycles. The van der Waals surface area contributed by atoms with E-state index in [1.807, 2.05) is 36.7 Å². The zero-order chi connectivity index (χ0) is 18.0. The number of carbonyl (C=O) groups is 2. The maximum atomic E-state index is 12.3. The van der Waals surface area contributed by atoms with Crippen LogP contribution in [0.25, 0.3) is 11.0 Å². The highest BCUT2D eigenvalue weighted by molar-refractivity contribution is 5.96. The molecule has 0 radical (unpaired) electrons. The van der Waals surface area contributed by atoms with Gasteiger partial charge in [0.15, 0.2) is 0 Å². The number of amides is 2. The van der Waals surface area contributed by atoms with E-state index >= 15 is 0 Å². The number of aryl methyl sites for hydroxylation is 2. The molecule has 1 heterocycles. The summed E-state index contributed by atoms with van der Waals surface area (Å²) in [7, 11) is 1.98. The number of nitrogens with one attached hydrogen (secondary N) is 2. The van der Waals surface area contributed by atoms with Gasteiger partial charge in [-0.25, -0.2) is 4.98 Å². The van der Waals surface area contributed by atoms with Gasteiger partial charge in [-0.1, -0.05) is 12.1 Å². The van der Waals surface area contributed by atoms with Crippen molar-refractivity contribution in [1.29, 1.82) is 0 Å². The zero-order valence-corrected chi connectivity index (χ0v) is 14.5. The van der Waals surface area contributed by atoms with Crippen molar-refractivity contribution >= 4 is 28.5 Å². The molecule has 6 nitrogen and oxygen atoms in total. The lowest BCUT2D eigenvalue weighted by molar-refractivity contribution is -0.114. The van der Waals surface area contributed by atoms with Crippen molar-refractivity contribution in [2.24, 2.45) is 7.05 Å². The van der Waals surface area contributed by atoms with Crippen molar-refractivity contribution in [3.05, 3.63) is 59.4 Å². The van der Waals surface area contributed by atoms with Crippen LogP contribution >= 0.6 is 0 Å². The number of fused-ring (bicyclic) bond motifs is 1. The molecule has 0 aliphatic rings. The lowest BCUT2D eigenvalue weighted by Gasteiger charge is -2.08. The highest BCUT2D eigenvalue weighted by Crippen LogP contribution is 2.16. The molecule has 0 atom stereocenters. The monoisotopic (exact) mass is 336 g/mol. The van der Waals surface area contributed by atoms with Crippen LogP contribution in [0.2, 0.25) is 0 Å². The number of aromatic nitrogens is 2. The van der Waals surface area contributed by atoms with Crippen molar-refractivity contribution in [2.45, 2.75) is 20.4 Å². The molecule has 0 fully saturated rings. The Labute approximate surface area is 145 Å². The van der Waals surface area contributed by atoms with E-state index in [1.165, 1.54) is 6.92 Å². The Bertz CT molecular complexity index is 959. The molecule has 0 saturated heterocycles. The van der Waals surface area contributed by atoms with Crippen LogP contribution in [0.4, 0.5) is 5.69 Å². The number of imidazole rings is 1. The van der Waals surface area contributed by atoms with Gasteiger partial charge in [-0.05, 0) is 42.8 Å². The summed E-state index contributed by atoms with van der Waals surface area (Å²) in [5.41, 5.74) is 4.07. The van der Waals surface area contributed by atoms with Crippen LogP contribution in [0.5, 0.6) is 0 Å². The van der Waals surface area contributed by atoms with Crippen LogP contribution in [0.1, 0.15) is 28.7 Å². The molecule has 2 amide bonds. The number of nitrogens with zero attached hydrogens (tertiary/aromatic N) is 2. The van der Waals surface area contributed by atoms with E-state index < -0.39 is 0 Å². The van der Waals surface area contributed by atoms with Gasteiger partial charge in [0, 0.05) is 31.8 Å². The molecule has 6 heteroatoms. The first-order chi connectivity index (χ1) is 11.9. The van der Waals surface area contributed by atoms with Gasteiger partial charge in [-0.3, -0.25) is 9.59 Å². The quantitative estimate of drug-likeness (QED) is 0.769. The lowest BCUT2D eigenvalue weighted by Crippen LogP contribution is -2.23. The predicted molar refractivity (Wildman–Crippen MR) is 97.4 cm³/mol. The molecular weight excluding hydrogens is 316 g/mol. The van der Waals surface area contributed by atoms with E-state index in [0.717, 1.165) is 22.4 Å². The summed E-state index contributed by atoms with van der Waals surface area (Å²) in [6, 6.07) is 12.8. The Morgan fingerprint density at radius 1 is 1.16 bits per heavy atom. The Kier molecular flexibility index (Phi) is 4.52. The number of anilines is 1. The predicted octanol–water partition coefficient (Wildman–Crippen LogP) is 2.77. The molecule has 0 aliphatic heterocycles. The Hall–Kier alpha value is -3.15. The van der Waals surface area contributed by atoms with Crippen LogP contribution in [-0.2, 0) is 18.4 Å². The van der Waals surface area contributed by atoms with Crippen LogP contribution in [0.3, 0.4) is 0 Å². The average Bonchev–Trinajstić information content (AvgIpc) is 2.86. The summed E-state index contributed by atoms with van der Waals surface area (Å²) < 4.78 is 2.03.